The lowest BCUT2D eigenvalue weighted by molar-refractivity contribution is 0.528. The van der Waals surface area contributed by atoms with Crippen molar-refractivity contribution in [1.82, 2.24) is 5.43 Å². The SMILES string of the molecule is NNC(Cc1csc2ccccc12)c1ccoc1Cl. The number of hydrogen-bond acceptors (Lipinski definition) is 4. The molecule has 5 heteroatoms. The Bertz CT molecular complexity index is 691. The van der Waals surface area contributed by atoms with Gasteiger partial charge in [-0.15, -0.1) is 11.3 Å². The summed E-state index contributed by atoms with van der Waals surface area (Å²) in [5.41, 5.74) is 4.96. The quantitative estimate of drug-likeness (QED) is 0.566. The molecular weight excluding hydrogens is 280 g/mol. The van der Waals surface area contributed by atoms with Gasteiger partial charge in [0.15, 0.2) is 5.22 Å². The zero-order valence-corrected chi connectivity index (χ0v) is 11.7. The maximum absolute atomic E-state index is 6.01. The number of halogens is 1. The lowest BCUT2D eigenvalue weighted by atomic mass is 10.0. The highest BCUT2D eigenvalue weighted by Gasteiger charge is 2.17. The fourth-order valence-corrected chi connectivity index (χ4v) is 3.44. The van der Waals surface area contributed by atoms with E-state index in [1.54, 1.807) is 17.6 Å². The van der Waals surface area contributed by atoms with Gasteiger partial charge in [-0.3, -0.25) is 11.3 Å². The first-order chi connectivity index (χ1) is 9.29. The van der Waals surface area contributed by atoms with E-state index in [0.29, 0.717) is 5.22 Å². The van der Waals surface area contributed by atoms with E-state index >= 15 is 0 Å². The number of fused-ring (bicyclic) bond motifs is 1. The molecule has 19 heavy (non-hydrogen) atoms. The highest BCUT2D eigenvalue weighted by Crippen LogP contribution is 2.31. The van der Waals surface area contributed by atoms with Crippen molar-refractivity contribution >= 4 is 33.0 Å². The summed E-state index contributed by atoms with van der Waals surface area (Å²) in [6, 6.07) is 10.2. The first-order valence-electron chi connectivity index (χ1n) is 5.93. The minimum atomic E-state index is -0.0516. The van der Waals surface area contributed by atoms with Crippen molar-refractivity contribution in [2.45, 2.75) is 12.5 Å². The molecule has 0 saturated carbocycles. The molecule has 0 saturated heterocycles. The van der Waals surface area contributed by atoms with Gasteiger partial charge in [0.2, 0.25) is 0 Å². The number of nitrogens with one attached hydrogen (secondary N) is 1. The van der Waals surface area contributed by atoms with Crippen molar-refractivity contribution in [2.75, 3.05) is 0 Å². The van der Waals surface area contributed by atoms with Crippen molar-refractivity contribution in [1.29, 1.82) is 0 Å². The van der Waals surface area contributed by atoms with Crippen LogP contribution in [0.1, 0.15) is 17.2 Å². The van der Waals surface area contributed by atoms with Gasteiger partial charge < -0.3 is 4.42 Å². The molecule has 3 N–H and O–H groups in total. The Morgan fingerprint density at radius 1 is 1.32 bits per heavy atom. The topological polar surface area (TPSA) is 51.2 Å². The van der Waals surface area contributed by atoms with Crippen LogP contribution < -0.4 is 11.3 Å². The summed E-state index contributed by atoms with van der Waals surface area (Å²) < 4.78 is 6.41. The average molecular weight is 293 g/mol. The third kappa shape index (κ3) is 2.40. The molecule has 0 spiro atoms. The Morgan fingerprint density at radius 3 is 2.89 bits per heavy atom. The third-order valence-corrected chi connectivity index (χ3v) is 4.53. The van der Waals surface area contributed by atoms with Gasteiger partial charge in [-0.05, 0) is 46.5 Å². The van der Waals surface area contributed by atoms with Gasteiger partial charge >= 0.3 is 0 Å². The van der Waals surface area contributed by atoms with Crippen molar-refractivity contribution in [2.24, 2.45) is 5.84 Å². The number of hydrazine groups is 1. The summed E-state index contributed by atoms with van der Waals surface area (Å²) >= 11 is 7.75. The van der Waals surface area contributed by atoms with E-state index in [-0.39, 0.29) is 6.04 Å². The second-order valence-electron chi connectivity index (χ2n) is 4.33. The van der Waals surface area contributed by atoms with Crippen LogP contribution in [-0.2, 0) is 6.42 Å². The van der Waals surface area contributed by atoms with Crippen LogP contribution in [0.25, 0.3) is 10.1 Å². The lowest BCUT2D eigenvalue weighted by Gasteiger charge is -2.14. The Labute approximate surface area is 119 Å². The molecule has 1 aromatic carbocycles. The van der Waals surface area contributed by atoms with Gasteiger partial charge in [-0.25, -0.2) is 0 Å². The third-order valence-electron chi connectivity index (χ3n) is 3.21. The van der Waals surface area contributed by atoms with E-state index in [9.17, 15) is 0 Å². The number of hydrogen-bond donors (Lipinski definition) is 2. The van der Waals surface area contributed by atoms with Crippen molar-refractivity contribution in [3.8, 4) is 0 Å². The molecule has 3 nitrogen and oxygen atoms in total. The maximum Gasteiger partial charge on any atom is 0.197 e. The molecule has 3 aromatic rings. The smallest absolute Gasteiger partial charge is 0.197 e. The number of benzene rings is 1. The maximum atomic E-state index is 6.01. The van der Waals surface area contributed by atoms with Crippen LogP contribution in [-0.4, -0.2) is 0 Å². The van der Waals surface area contributed by atoms with Crippen LogP contribution >= 0.6 is 22.9 Å². The molecule has 1 unspecified atom stereocenters. The fourth-order valence-electron chi connectivity index (χ4n) is 2.22. The Balaban J connectivity index is 1.93. The van der Waals surface area contributed by atoms with Crippen molar-refractivity contribution in [3.63, 3.8) is 0 Å². The van der Waals surface area contributed by atoms with Crippen LogP contribution in [0.5, 0.6) is 0 Å². The van der Waals surface area contributed by atoms with E-state index in [1.807, 2.05) is 18.2 Å². The number of thiophene rings is 1. The van der Waals surface area contributed by atoms with E-state index < -0.39 is 0 Å². The van der Waals surface area contributed by atoms with Crippen LogP contribution in [0, 0.1) is 0 Å². The number of rotatable bonds is 4. The van der Waals surface area contributed by atoms with Gasteiger partial charge in [0.05, 0.1) is 12.3 Å². The summed E-state index contributed by atoms with van der Waals surface area (Å²) in [6.07, 6.45) is 2.35. The number of furan rings is 1. The molecular formula is C14H13ClN2OS. The molecule has 0 aliphatic carbocycles. The lowest BCUT2D eigenvalue weighted by Crippen LogP contribution is -2.29. The molecule has 0 bridgehead atoms. The largest absolute Gasteiger partial charge is 0.453 e. The summed E-state index contributed by atoms with van der Waals surface area (Å²) in [6.45, 7) is 0. The molecule has 98 valence electrons. The Kier molecular flexibility index (Phi) is 3.57. The molecule has 0 aliphatic heterocycles. The summed E-state index contributed by atoms with van der Waals surface area (Å²) in [5.74, 6) is 5.65. The minimum absolute atomic E-state index is 0.0516. The average Bonchev–Trinajstić information content (AvgIpc) is 3.03. The van der Waals surface area contributed by atoms with E-state index in [4.69, 9.17) is 21.9 Å². The normalized spacial score (nSPS) is 12.9. The van der Waals surface area contributed by atoms with Crippen molar-refractivity contribution < 1.29 is 4.42 Å². The van der Waals surface area contributed by atoms with Gasteiger partial charge in [0.25, 0.3) is 0 Å². The molecule has 2 heterocycles. The first-order valence-corrected chi connectivity index (χ1v) is 7.19. The van der Waals surface area contributed by atoms with Gasteiger partial charge in [-0.2, -0.15) is 0 Å². The second kappa shape index (κ2) is 5.35. The van der Waals surface area contributed by atoms with E-state index in [1.165, 1.54) is 15.6 Å². The summed E-state index contributed by atoms with van der Waals surface area (Å²) in [7, 11) is 0. The molecule has 2 aromatic heterocycles. The van der Waals surface area contributed by atoms with E-state index in [2.05, 4.69) is 22.9 Å². The second-order valence-corrected chi connectivity index (χ2v) is 5.58. The first kappa shape index (κ1) is 12.7. The zero-order chi connectivity index (χ0) is 13.2. The van der Waals surface area contributed by atoms with Gasteiger partial charge in [0.1, 0.15) is 0 Å². The zero-order valence-electron chi connectivity index (χ0n) is 10.1. The molecule has 0 aliphatic rings. The molecule has 0 radical (unpaired) electrons. The highest BCUT2D eigenvalue weighted by atomic mass is 35.5. The Morgan fingerprint density at radius 2 is 2.16 bits per heavy atom. The monoisotopic (exact) mass is 292 g/mol. The molecule has 0 fully saturated rings. The highest BCUT2D eigenvalue weighted by molar-refractivity contribution is 7.17. The Hall–Kier alpha value is -1.33. The fraction of sp³-hybridized carbons (Fsp3) is 0.143. The minimum Gasteiger partial charge on any atom is -0.453 e. The van der Waals surface area contributed by atoms with Crippen LogP contribution in [0.4, 0.5) is 0 Å². The summed E-state index contributed by atoms with van der Waals surface area (Å²) in [4.78, 5) is 0. The standard InChI is InChI=1S/C14H13ClN2OS/c15-14-11(5-6-18-14)12(17-16)7-9-8-19-13-4-2-1-3-10(9)13/h1-6,8,12,17H,7,16H2. The van der Waals surface area contributed by atoms with E-state index in [0.717, 1.165) is 12.0 Å². The molecule has 0 amide bonds. The molecule has 3 rings (SSSR count). The van der Waals surface area contributed by atoms with Crippen molar-refractivity contribution in [3.05, 3.63) is 58.3 Å². The predicted molar refractivity (Wildman–Crippen MR) is 79.3 cm³/mol. The number of nitrogens with two attached hydrogens (primary N) is 1. The van der Waals surface area contributed by atoms with Gasteiger partial charge in [0, 0.05) is 10.3 Å². The predicted octanol–water partition coefficient (Wildman–Crippen LogP) is 3.89. The summed E-state index contributed by atoms with van der Waals surface area (Å²) in [5, 5.41) is 3.83. The molecule has 1 atom stereocenters. The van der Waals surface area contributed by atoms with Crippen LogP contribution in [0.15, 0.2) is 46.4 Å². The van der Waals surface area contributed by atoms with Gasteiger partial charge in [-0.1, -0.05) is 18.2 Å². The van der Waals surface area contributed by atoms with Crippen LogP contribution in [0.3, 0.4) is 0 Å². The van der Waals surface area contributed by atoms with Crippen LogP contribution in [0.2, 0.25) is 5.22 Å².